The van der Waals surface area contributed by atoms with Crippen LogP contribution < -0.4 is 0 Å². The molecule has 0 heterocycles. The lowest BCUT2D eigenvalue weighted by atomic mass is 9.81. The van der Waals surface area contributed by atoms with Gasteiger partial charge in [0, 0.05) is 12.5 Å². The molecule has 3 heteroatoms. The largest absolute Gasteiger partial charge is 0.390 e. The average Bonchev–Trinajstić information content (AvgIpc) is 1.94. The maximum atomic E-state index is 5.36. The van der Waals surface area contributed by atoms with Gasteiger partial charge < -0.3 is 9.03 Å². The molecule has 1 fully saturated rings. The van der Waals surface area contributed by atoms with Gasteiger partial charge in [-0.25, -0.2) is 0 Å². The first-order valence-corrected chi connectivity index (χ1v) is 4.17. The molecule has 2 nitrogen and oxygen atoms in total. The van der Waals surface area contributed by atoms with E-state index in [0.717, 1.165) is 19.4 Å². The van der Waals surface area contributed by atoms with Gasteiger partial charge in [-0.3, -0.25) is 0 Å². The summed E-state index contributed by atoms with van der Waals surface area (Å²) in [6.45, 7) is 6.46. The summed E-state index contributed by atoms with van der Waals surface area (Å²) in [7, 11) is 0. The van der Waals surface area contributed by atoms with Crippen molar-refractivity contribution in [2.45, 2.75) is 25.9 Å². The Morgan fingerprint density at radius 3 is 2.73 bits per heavy atom. The Morgan fingerprint density at radius 1 is 1.64 bits per heavy atom. The van der Waals surface area contributed by atoms with E-state index in [9.17, 15) is 0 Å². The Morgan fingerprint density at radius 2 is 2.27 bits per heavy atom. The Kier molecular flexibility index (Phi) is 3.21. The minimum absolute atomic E-state index is 0.397. The quantitative estimate of drug-likeness (QED) is 0.613. The smallest absolute Gasteiger partial charge is 0.134 e. The highest BCUT2D eigenvalue weighted by Crippen LogP contribution is 2.35. The van der Waals surface area contributed by atoms with Gasteiger partial charge >= 0.3 is 0 Å². The zero-order valence-corrected chi connectivity index (χ0v) is 7.43. The van der Waals surface area contributed by atoms with Gasteiger partial charge in [0.2, 0.25) is 0 Å². The number of ether oxygens (including phenoxy) is 1. The zero-order valence-electron chi connectivity index (χ0n) is 6.68. The van der Waals surface area contributed by atoms with E-state index in [0.29, 0.717) is 17.8 Å². The second kappa shape index (κ2) is 3.98. The van der Waals surface area contributed by atoms with E-state index in [-0.39, 0.29) is 0 Å². The molecule has 0 aromatic carbocycles. The molecule has 1 saturated carbocycles. The third kappa shape index (κ3) is 2.11. The Hall–Kier alpha value is -0.210. The molecule has 0 radical (unpaired) electrons. The fourth-order valence-corrected chi connectivity index (χ4v) is 1.39. The van der Waals surface area contributed by atoms with Crippen LogP contribution in [0, 0.1) is 5.92 Å². The van der Waals surface area contributed by atoms with Crippen LogP contribution in [-0.4, -0.2) is 12.7 Å². The van der Waals surface area contributed by atoms with Crippen molar-refractivity contribution < 1.29 is 9.03 Å². The van der Waals surface area contributed by atoms with E-state index in [4.69, 9.17) is 16.6 Å². The van der Waals surface area contributed by atoms with Crippen LogP contribution in [0.1, 0.15) is 19.8 Å². The van der Waals surface area contributed by atoms with Gasteiger partial charge in [-0.15, -0.1) is 0 Å². The van der Waals surface area contributed by atoms with Crippen LogP contribution in [0.4, 0.5) is 0 Å². The lowest BCUT2D eigenvalue weighted by Gasteiger charge is -2.34. The average molecular weight is 177 g/mol. The van der Waals surface area contributed by atoms with Crippen LogP contribution in [0.2, 0.25) is 0 Å². The molecular weight excluding hydrogens is 164 g/mol. The van der Waals surface area contributed by atoms with Crippen molar-refractivity contribution in [3.63, 3.8) is 0 Å². The van der Waals surface area contributed by atoms with Crippen molar-refractivity contribution in [2.24, 2.45) is 5.92 Å². The number of allylic oxidation sites excluding steroid dienone is 1. The van der Waals surface area contributed by atoms with Crippen LogP contribution in [0.3, 0.4) is 0 Å². The predicted octanol–water partition coefficient (Wildman–Crippen LogP) is 2.49. The normalized spacial score (nSPS) is 29.3. The summed E-state index contributed by atoms with van der Waals surface area (Å²) in [6, 6.07) is 0. The van der Waals surface area contributed by atoms with Crippen LogP contribution in [-0.2, 0) is 9.03 Å². The van der Waals surface area contributed by atoms with Crippen molar-refractivity contribution in [3.8, 4) is 0 Å². The lowest BCUT2D eigenvalue weighted by Crippen LogP contribution is -2.32. The number of rotatable bonds is 4. The molecule has 1 aliphatic rings. The molecule has 11 heavy (non-hydrogen) atoms. The maximum Gasteiger partial charge on any atom is 0.134 e. The number of hydrogen-bond donors (Lipinski definition) is 0. The van der Waals surface area contributed by atoms with Crippen molar-refractivity contribution >= 4 is 11.9 Å². The van der Waals surface area contributed by atoms with Crippen LogP contribution >= 0.6 is 11.9 Å². The number of hydrogen-bond acceptors (Lipinski definition) is 2. The minimum Gasteiger partial charge on any atom is -0.390 e. The summed E-state index contributed by atoms with van der Waals surface area (Å²) in [5.74, 6) is 1.08. The van der Waals surface area contributed by atoms with Gasteiger partial charge in [0.05, 0.1) is 6.10 Å². The standard InChI is InChI=1S/C8H13ClO2/c1-3-10-8-4-7(5-8)6(2)11-9/h7-8H,2-5H2,1H3/t7-,8+. The van der Waals surface area contributed by atoms with Crippen LogP contribution in [0.15, 0.2) is 12.3 Å². The Bertz CT molecular complexity index is 141. The first-order chi connectivity index (χ1) is 5.27. The van der Waals surface area contributed by atoms with E-state index >= 15 is 0 Å². The zero-order chi connectivity index (χ0) is 8.27. The molecule has 0 aromatic rings. The molecule has 0 aromatic heterocycles. The van der Waals surface area contributed by atoms with Crippen LogP contribution in [0.25, 0.3) is 0 Å². The predicted molar refractivity (Wildman–Crippen MR) is 44.2 cm³/mol. The summed E-state index contributed by atoms with van der Waals surface area (Å²) in [5, 5.41) is 0. The van der Waals surface area contributed by atoms with Gasteiger partial charge in [0.15, 0.2) is 0 Å². The van der Waals surface area contributed by atoms with Crippen molar-refractivity contribution in [3.05, 3.63) is 12.3 Å². The summed E-state index contributed by atoms with van der Waals surface area (Å²) in [6.07, 6.45) is 2.40. The Balaban J connectivity index is 2.13. The van der Waals surface area contributed by atoms with Gasteiger partial charge in [-0.1, -0.05) is 6.58 Å². The summed E-state index contributed by atoms with van der Waals surface area (Å²) in [5.41, 5.74) is 0. The van der Waals surface area contributed by atoms with Crippen molar-refractivity contribution in [2.75, 3.05) is 6.61 Å². The monoisotopic (exact) mass is 176 g/mol. The molecule has 0 unspecified atom stereocenters. The first kappa shape index (κ1) is 8.88. The first-order valence-electron chi connectivity index (χ1n) is 3.87. The second-order valence-electron chi connectivity index (χ2n) is 2.79. The number of halogens is 1. The molecule has 0 amide bonds. The molecule has 0 bridgehead atoms. The summed E-state index contributed by atoms with van der Waals surface area (Å²) >= 11 is 5.14. The molecule has 64 valence electrons. The molecule has 1 rings (SSSR count). The molecule has 0 N–H and O–H groups in total. The van der Waals surface area contributed by atoms with Gasteiger partial charge in [-0.2, -0.15) is 0 Å². The van der Waals surface area contributed by atoms with E-state index in [1.54, 1.807) is 0 Å². The van der Waals surface area contributed by atoms with Crippen LogP contribution in [0.5, 0.6) is 0 Å². The SMILES string of the molecule is C=C(OCl)[C@H]1C[C@@H](OCC)C1. The molecule has 0 atom stereocenters. The third-order valence-corrected chi connectivity index (χ3v) is 2.25. The maximum absolute atomic E-state index is 5.36. The molecule has 1 aliphatic carbocycles. The molecule has 0 saturated heterocycles. The summed E-state index contributed by atoms with van der Waals surface area (Å²) in [4.78, 5) is 0. The van der Waals surface area contributed by atoms with Gasteiger partial charge in [0.25, 0.3) is 0 Å². The highest BCUT2D eigenvalue weighted by molar-refractivity contribution is 6.08. The van der Waals surface area contributed by atoms with E-state index in [2.05, 4.69) is 10.9 Å². The van der Waals surface area contributed by atoms with E-state index in [1.807, 2.05) is 6.92 Å². The van der Waals surface area contributed by atoms with Crippen molar-refractivity contribution in [1.29, 1.82) is 0 Å². The van der Waals surface area contributed by atoms with Crippen molar-refractivity contribution in [1.82, 2.24) is 0 Å². The molecule has 0 aliphatic heterocycles. The fourth-order valence-electron chi connectivity index (χ4n) is 1.26. The topological polar surface area (TPSA) is 18.5 Å². The minimum atomic E-state index is 0.397. The second-order valence-corrected chi connectivity index (χ2v) is 2.94. The highest BCUT2D eigenvalue weighted by Gasteiger charge is 2.32. The third-order valence-electron chi connectivity index (χ3n) is 2.05. The molecular formula is C8H13ClO2. The van der Waals surface area contributed by atoms with E-state index < -0.39 is 0 Å². The fraction of sp³-hybridized carbons (Fsp3) is 0.750. The highest BCUT2D eigenvalue weighted by atomic mass is 35.5. The van der Waals surface area contributed by atoms with Gasteiger partial charge in [-0.05, 0) is 19.8 Å². The molecule has 0 spiro atoms. The van der Waals surface area contributed by atoms with Gasteiger partial charge in [0.1, 0.15) is 17.6 Å². The summed E-state index contributed by atoms with van der Waals surface area (Å²) < 4.78 is 9.87. The van der Waals surface area contributed by atoms with E-state index in [1.165, 1.54) is 0 Å². The Labute approximate surface area is 72.3 Å². The lowest BCUT2D eigenvalue weighted by molar-refractivity contribution is -0.0218.